The second-order valence-electron chi connectivity index (χ2n) is 3.07. The van der Waals surface area contributed by atoms with Crippen LogP contribution in [0.3, 0.4) is 0 Å². The molecule has 0 saturated carbocycles. The van der Waals surface area contributed by atoms with Gasteiger partial charge >= 0.3 is 11.9 Å². The van der Waals surface area contributed by atoms with E-state index in [-0.39, 0.29) is 17.1 Å². The van der Waals surface area contributed by atoms with E-state index in [4.69, 9.17) is 21.1 Å². The zero-order valence-corrected chi connectivity index (χ0v) is 8.85. The van der Waals surface area contributed by atoms with Crippen LogP contribution in [0.2, 0.25) is 0 Å². The van der Waals surface area contributed by atoms with Crippen molar-refractivity contribution in [3.63, 3.8) is 0 Å². The number of nitrogens with zero attached hydrogens (tertiary/aromatic N) is 1. The molecule has 0 bridgehead atoms. The third-order valence-corrected chi connectivity index (χ3v) is 2.80. The number of carbonyl (C=O) groups is 2. The smallest absolute Gasteiger partial charge is 0.355 e. The molecule has 1 aromatic heterocycles. The molecule has 0 spiro atoms. The van der Waals surface area contributed by atoms with Crippen molar-refractivity contribution < 1.29 is 24.9 Å². The Morgan fingerprint density at radius 2 is 2.12 bits per heavy atom. The van der Waals surface area contributed by atoms with E-state index in [0.717, 1.165) is 11.3 Å². The van der Waals surface area contributed by atoms with Crippen LogP contribution in [-0.2, 0) is 4.79 Å². The second-order valence-corrected chi connectivity index (χ2v) is 3.96. The topological polar surface area (TPSA) is 134 Å². The normalized spacial score (nSPS) is 14.4. The first-order chi connectivity index (χ1) is 7.41. The Hall–Kier alpha value is -1.51. The molecule has 1 aromatic rings. The van der Waals surface area contributed by atoms with Crippen molar-refractivity contribution in [2.45, 2.75) is 18.6 Å². The summed E-state index contributed by atoms with van der Waals surface area (Å²) in [5.41, 5.74) is 5.44. The van der Waals surface area contributed by atoms with E-state index in [1.807, 2.05) is 0 Å². The van der Waals surface area contributed by atoms with Crippen LogP contribution in [0.15, 0.2) is 5.38 Å². The van der Waals surface area contributed by atoms with Crippen LogP contribution in [0.4, 0.5) is 0 Å². The molecule has 2 unspecified atom stereocenters. The maximum absolute atomic E-state index is 10.5. The van der Waals surface area contributed by atoms with E-state index >= 15 is 0 Å². The van der Waals surface area contributed by atoms with Crippen LogP contribution in [0.25, 0.3) is 0 Å². The summed E-state index contributed by atoms with van der Waals surface area (Å²) in [6.45, 7) is 0. The summed E-state index contributed by atoms with van der Waals surface area (Å²) in [5.74, 6) is -2.54. The number of aromatic nitrogens is 1. The summed E-state index contributed by atoms with van der Waals surface area (Å²) in [7, 11) is 0. The first-order valence-corrected chi connectivity index (χ1v) is 5.15. The third-order valence-electron chi connectivity index (χ3n) is 1.82. The summed E-state index contributed by atoms with van der Waals surface area (Å²) in [6.07, 6.45) is -1.78. The molecule has 1 heterocycles. The van der Waals surface area contributed by atoms with Crippen molar-refractivity contribution >= 4 is 23.3 Å². The zero-order valence-electron chi connectivity index (χ0n) is 8.03. The summed E-state index contributed by atoms with van der Waals surface area (Å²) in [4.78, 5) is 24.6. The predicted octanol–water partition coefficient (Wildman–Crippen LogP) is -0.323. The van der Waals surface area contributed by atoms with Gasteiger partial charge in [0.15, 0.2) is 11.8 Å². The highest BCUT2D eigenvalue weighted by Crippen LogP contribution is 2.20. The minimum Gasteiger partial charge on any atom is -0.479 e. The second kappa shape index (κ2) is 5.01. The van der Waals surface area contributed by atoms with Gasteiger partial charge in [-0.1, -0.05) is 0 Å². The van der Waals surface area contributed by atoms with Crippen molar-refractivity contribution in [3.8, 4) is 0 Å². The van der Waals surface area contributed by atoms with Crippen LogP contribution in [0.5, 0.6) is 0 Å². The fourth-order valence-corrected chi connectivity index (χ4v) is 1.81. The van der Waals surface area contributed by atoms with Gasteiger partial charge in [0.2, 0.25) is 0 Å². The monoisotopic (exact) mass is 246 g/mol. The molecule has 0 amide bonds. The standard InChI is InChI=1S/C8H10N2O5S/c9-3(1-5(11)8(14)15)6-10-4(2-16-6)7(12)13/h2-3,5,11H,1,9H2,(H,12,13)(H,14,15). The molecule has 5 N–H and O–H groups in total. The summed E-state index contributed by atoms with van der Waals surface area (Å²) in [5, 5.41) is 27.7. The van der Waals surface area contributed by atoms with Gasteiger partial charge in [-0.05, 0) is 0 Å². The van der Waals surface area contributed by atoms with Gasteiger partial charge in [-0.15, -0.1) is 11.3 Å². The Morgan fingerprint density at radius 3 is 2.56 bits per heavy atom. The Balaban J connectivity index is 2.69. The number of hydrogen-bond donors (Lipinski definition) is 4. The summed E-state index contributed by atoms with van der Waals surface area (Å²) < 4.78 is 0. The van der Waals surface area contributed by atoms with Crippen LogP contribution < -0.4 is 5.73 Å². The molecule has 0 fully saturated rings. The molecule has 0 aliphatic rings. The van der Waals surface area contributed by atoms with E-state index in [2.05, 4.69) is 4.98 Å². The Morgan fingerprint density at radius 1 is 1.50 bits per heavy atom. The lowest BCUT2D eigenvalue weighted by Crippen LogP contribution is -2.25. The molecule has 8 heteroatoms. The van der Waals surface area contributed by atoms with E-state index in [0.29, 0.717) is 0 Å². The van der Waals surface area contributed by atoms with Gasteiger partial charge in [0.05, 0.1) is 6.04 Å². The average Bonchev–Trinajstić information content (AvgIpc) is 2.65. The van der Waals surface area contributed by atoms with E-state index in [1.54, 1.807) is 0 Å². The minimum absolute atomic E-state index is 0.139. The van der Waals surface area contributed by atoms with E-state index in [9.17, 15) is 9.59 Å². The van der Waals surface area contributed by atoms with Crippen molar-refractivity contribution in [3.05, 3.63) is 16.1 Å². The lowest BCUT2D eigenvalue weighted by molar-refractivity contribution is -0.147. The van der Waals surface area contributed by atoms with Crippen molar-refractivity contribution in [2.75, 3.05) is 0 Å². The lowest BCUT2D eigenvalue weighted by atomic mass is 10.1. The fraction of sp³-hybridized carbons (Fsp3) is 0.375. The number of aliphatic hydroxyl groups is 1. The molecule has 88 valence electrons. The zero-order chi connectivity index (χ0) is 12.3. The number of nitrogens with two attached hydrogens (primary N) is 1. The van der Waals surface area contributed by atoms with Gasteiger partial charge in [0.1, 0.15) is 5.01 Å². The van der Waals surface area contributed by atoms with Crippen molar-refractivity contribution in [2.24, 2.45) is 5.73 Å². The van der Waals surface area contributed by atoms with E-state index < -0.39 is 24.1 Å². The highest BCUT2D eigenvalue weighted by atomic mass is 32.1. The maximum atomic E-state index is 10.5. The number of aromatic carboxylic acids is 1. The number of rotatable bonds is 5. The lowest BCUT2D eigenvalue weighted by Gasteiger charge is -2.10. The molecule has 16 heavy (non-hydrogen) atoms. The van der Waals surface area contributed by atoms with Gasteiger partial charge in [-0.2, -0.15) is 0 Å². The van der Waals surface area contributed by atoms with Crippen LogP contribution >= 0.6 is 11.3 Å². The van der Waals surface area contributed by atoms with Crippen molar-refractivity contribution in [1.82, 2.24) is 4.98 Å². The molecule has 0 aliphatic heterocycles. The van der Waals surface area contributed by atoms with Gasteiger partial charge in [0.25, 0.3) is 0 Å². The Labute approximate surface area is 94.2 Å². The maximum Gasteiger partial charge on any atom is 0.355 e. The highest BCUT2D eigenvalue weighted by molar-refractivity contribution is 7.09. The van der Waals surface area contributed by atoms with Crippen LogP contribution in [0.1, 0.15) is 28.0 Å². The van der Waals surface area contributed by atoms with Gasteiger partial charge in [0, 0.05) is 11.8 Å². The SMILES string of the molecule is NC(CC(O)C(=O)O)c1nc(C(=O)O)cs1. The van der Waals surface area contributed by atoms with E-state index in [1.165, 1.54) is 5.38 Å². The fourth-order valence-electron chi connectivity index (χ4n) is 0.998. The third kappa shape index (κ3) is 2.99. The number of thiazole rings is 1. The molecule has 2 atom stereocenters. The molecular formula is C8H10N2O5S. The van der Waals surface area contributed by atoms with Gasteiger partial charge in [-0.3, -0.25) is 0 Å². The highest BCUT2D eigenvalue weighted by Gasteiger charge is 2.21. The molecule has 1 rings (SSSR count). The average molecular weight is 246 g/mol. The van der Waals surface area contributed by atoms with Crippen LogP contribution in [0, 0.1) is 0 Å². The van der Waals surface area contributed by atoms with Crippen LogP contribution in [-0.4, -0.2) is 38.3 Å². The Kier molecular flexibility index (Phi) is 3.93. The first-order valence-electron chi connectivity index (χ1n) is 4.27. The largest absolute Gasteiger partial charge is 0.479 e. The number of hydrogen-bond acceptors (Lipinski definition) is 6. The number of aliphatic hydroxyl groups excluding tert-OH is 1. The summed E-state index contributed by atoms with van der Waals surface area (Å²) in [6, 6.07) is -0.788. The molecule has 0 radical (unpaired) electrons. The molecular weight excluding hydrogens is 236 g/mol. The molecule has 7 nitrogen and oxygen atoms in total. The minimum atomic E-state index is -1.58. The molecule has 0 aliphatic carbocycles. The number of carboxylic acids is 2. The quantitative estimate of drug-likeness (QED) is 0.559. The Bertz CT molecular complexity index is 405. The first kappa shape index (κ1) is 12.6. The van der Waals surface area contributed by atoms with Gasteiger partial charge < -0.3 is 21.1 Å². The summed E-state index contributed by atoms with van der Waals surface area (Å²) >= 11 is 1.02. The molecule has 0 saturated heterocycles. The number of carboxylic acid groups (broad SMARTS) is 2. The van der Waals surface area contributed by atoms with Crippen molar-refractivity contribution in [1.29, 1.82) is 0 Å². The predicted molar refractivity (Wildman–Crippen MR) is 54.3 cm³/mol. The van der Waals surface area contributed by atoms with Gasteiger partial charge in [-0.25, -0.2) is 14.6 Å². The number of aliphatic carboxylic acids is 1. The molecule has 0 aromatic carbocycles.